The van der Waals surface area contributed by atoms with Crippen molar-refractivity contribution in [1.82, 2.24) is 19.6 Å². The van der Waals surface area contributed by atoms with Gasteiger partial charge in [0.2, 0.25) is 11.5 Å². The first-order chi connectivity index (χ1) is 33.1. The van der Waals surface area contributed by atoms with Crippen LogP contribution in [0.15, 0.2) is 121 Å². The van der Waals surface area contributed by atoms with Gasteiger partial charge in [0.15, 0.2) is 23.0 Å². The molecule has 0 saturated carbocycles. The van der Waals surface area contributed by atoms with Crippen LogP contribution < -0.4 is 28.4 Å². The molecular formula is C54H60F4N4O6. The fourth-order valence-electron chi connectivity index (χ4n) is 9.22. The summed E-state index contributed by atoms with van der Waals surface area (Å²) in [7, 11) is 9.69. The number of benzene rings is 6. The Labute approximate surface area is 397 Å². The Kier molecular flexibility index (Phi) is 17.2. The van der Waals surface area contributed by atoms with Gasteiger partial charge < -0.3 is 28.4 Å². The second kappa shape index (κ2) is 23.6. The molecule has 2 fully saturated rings. The minimum atomic E-state index is -0.268. The van der Waals surface area contributed by atoms with Gasteiger partial charge in [0.05, 0.1) is 54.7 Å². The molecule has 0 spiro atoms. The average Bonchev–Trinajstić information content (AvgIpc) is 3.37. The molecule has 2 aliphatic heterocycles. The lowest BCUT2D eigenvalue weighted by Crippen LogP contribution is -2.47. The Morgan fingerprint density at radius 3 is 0.838 bits per heavy atom. The van der Waals surface area contributed by atoms with Gasteiger partial charge in [-0.05, 0) is 82.9 Å². The molecule has 68 heavy (non-hydrogen) atoms. The first kappa shape index (κ1) is 49.6. The van der Waals surface area contributed by atoms with Gasteiger partial charge in [-0.15, -0.1) is 0 Å². The molecule has 2 heterocycles. The second-order valence-corrected chi connectivity index (χ2v) is 16.6. The van der Waals surface area contributed by atoms with E-state index < -0.39 is 0 Å². The summed E-state index contributed by atoms with van der Waals surface area (Å²) in [6, 6.07) is 34.0. The summed E-state index contributed by atoms with van der Waals surface area (Å²) in [6.45, 7) is 8.07. The maximum Gasteiger partial charge on any atom is 0.203 e. The Morgan fingerprint density at radius 1 is 0.338 bits per heavy atom. The Bertz CT molecular complexity index is 2250. The van der Waals surface area contributed by atoms with Gasteiger partial charge in [0.1, 0.15) is 23.3 Å². The van der Waals surface area contributed by atoms with E-state index in [1.807, 2.05) is 72.8 Å². The molecular weight excluding hydrogens is 877 g/mol. The third-order valence-corrected chi connectivity index (χ3v) is 12.6. The van der Waals surface area contributed by atoms with Crippen molar-refractivity contribution in [2.45, 2.75) is 25.2 Å². The van der Waals surface area contributed by atoms with Crippen molar-refractivity contribution in [2.75, 3.05) is 95.0 Å². The maximum absolute atomic E-state index is 13.6. The standard InChI is InChI=1S/2C27H30F2N2O3/c2*1-32-24-13-8-21(26(33-2)27(24)34-3)18-30-14-16-31(17-15-30)25(19-4-9-22(28)10-5-19)20-6-11-23(29)12-7-20/h2*4-13,25H,14-18H2,1-3H3. The normalized spacial score (nSPS) is 14.9. The smallest absolute Gasteiger partial charge is 0.203 e. The summed E-state index contributed by atoms with van der Waals surface area (Å²) in [4.78, 5) is 9.46. The van der Waals surface area contributed by atoms with Crippen LogP contribution in [-0.2, 0) is 13.1 Å². The monoisotopic (exact) mass is 936 g/mol. The first-order valence-electron chi connectivity index (χ1n) is 22.6. The number of ether oxygens (including phenoxy) is 6. The van der Waals surface area contributed by atoms with Crippen molar-refractivity contribution >= 4 is 0 Å². The van der Waals surface area contributed by atoms with E-state index in [0.717, 1.165) is 98.8 Å². The van der Waals surface area contributed by atoms with Gasteiger partial charge in [0.25, 0.3) is 0 Å². The molecule has 0 radical (unpaired) electrons. The lowest BCUT2D eigenvalue weighted by Gasteiger charge is -2.40. The van der Waals surface area contributed by atoms with Crippen molar-refractivity contribution in [1.29, 1.82) is 0 Å². The third kappa shape index (κ3) is 11.9. The summed E-state index contributed by atoms with van der Waals surface area (Å²) in [6.07, 6.45) is 0. The van der Waals surface area contributed by atoms with Gasteiger partial charge in [-0.2, -0.15) is 0 Å². The number of hydrogen-bond donors (Lipinski definition) is 0. The zero-order chi connectivity index (χ0) is 48.2. The fourth-order valence-corrected chi connectivity index (χ4v) is 9.22. The second-order valence-electron chi connectivity index (χ2n) is 16.6. The fraction of sp³-hybridized carbons (Fsp3) is 0.333. The molecule has 6 aromatic rings. The van der Waals surface area contributed by atoms with Gasteiger partial charge in [0, 0.05) is 76.6 Å². The highest BCUT2D eigenvalue weighted by molar-refractivity contribution is 5.56. The molecule has 10 nitrogen and oxygen atoms in total. The summed E-state index contributed by atoms with van der Waals surface area (Å²) < 4.78 is 87.4. The van der Waals surface area contributed by atoms with E-state index in [1.54, 1.807) is 42.7 Å². The van der Waals surface area contributed by atoms with Gasteiger partial charge >= 0.3 is 0 Å². The summed E-state index contributed by atoms with van der Waals surface area (Å²) in [5, 5.41) is 0. The molecule has 6 aromatic carbocycles. The van der Waals surface area contributed by atoms with Crippen LogP contribution in [0.5, 0.6) is 34.5 Å². The molecule has 0 aromatic heterocycles. The van der Waals surface area contributed by atoms with Crippen molar-refractivity contribution in [3.63, 3.8) is 0 Å². The van der Waals surface area contributed by atoms with Crippen molar-refractivity contribution < 1.29 is 46.0 Å². The minimum Gasteiger partial charge on any atom is -0.493 e. The molecule has 14 heteroatoms. The van der Waals surface area contributed by atoms with E-state index >= 15 is 0 Å². The molecule has 2 saturated heterocycles. The first-order valence-corrected chi connectivity index (χ1v) is 22.6. The Balaban J connectivity index is 0.000000201. The van der Waals surface area contributed by atoms with E-state index in [1.165, 1.54) is 48.5 Å². The van der Waals surface area contributed by atoms with Gasteiger partial charge in [-0.3, -0.25) is 19.6 Å². The quantitative estimate of drug-likeness (QED) is 0.0877. The van der Waals surface area contributed by atoms with Crippen LogP contribution in [0, 0.1) is 23.3 Å². The number of hydrogen-bond acceptors (Lipinski definition) is 10. The number of rotatable bonds is 16. The summed E-state index contributed by atoms with van der Waals surface area (Å²) in [5.74, 6) is 2.74. The number of methoxy groups -OCH3 is 6. The predicted molar refractivity (Wildman–Crippen MR) is 255 cm³/mol. The Morgan fingerprint density at radius 2 is 0.603 bits per heavy atom. The highest BCUT2D eigenvalue weighted by atomic mass is 19.1. The van der Waals surface area contributed by atoms with Gasteiger partial charge in [-0.25, -0.2) is 17.6 Å². The summed E-state index contributed by atoms with van der Waals surface area (Å²) >= 11 is 0. The van der Waals surface area contributed by atoms with Crippen LogP contribution in [0.4, 0.5) is 17.6 Å². The molecule has 360 valence electrons. The molecule has 8 rings (SSSR count). The molecule has 0 bridgehead atoms. The predicted octanol–water partition coefficient (Wildman–Crippen LogP) is 9.80. The molecule has 2 aliphatic rings. The average molecular weight is 937 g/mol. The largest absolute Gasteiger partial charge is 0.493 e. The van der Waals surface area contributed by atoms with Crippen LogP contribution >= 0.6 is 0 Å². The van der Waals surface area contributed by atoms with E-state index in [9.17, 15) is 17.6 Å². The van der Waals surface area contributed by atoms with E-state index in [0.29, 0.717) is 34.5 Å². The molecule has 0 N–H and O–H groups in total. The zero-order valence-electron chi connectivity index (χ0n) is 39.5. The van der Waals surface area contributed by atoms with Gasteiger partial charge in [-0.1, -0.05) is 60.7 Å². The Hall–Kier alpha value is -6.32. The summed E-state index contributed by atoms with van der Waals surface area (Å²) in [5.41, 5.74) is 6.02. The number of piperazine rings is 2. The van der Waals surface area contributed by atoms with Crippen LogP contribution in [0.3, 0.4) is 0 Å². The topological polar surface area (TPSA) is 68.3 Å². The number of nitrogens with zero attached hydrogens (tertiary/aromatic N) is 4. The molecule has 0 aliphatic carbocycles. The highest BCUT2D eigenvalue weighted by Gasteiger charge is 2.30. The van der Waals surface area contributed by atoms with Crippen molar-refractivity contribution in [2.24, 2.45) is 0 Å². The maximum atomic E-state index is 13.6. The lowest BCUT2D eigenvalue weighted by molar-refractivity contribution is 0.104. The van der Waals surface area contributed by atoms with Crippen LogP contribution in [0.25, 0.3) is 0 Å². The van der Waals surface area contributed by atoms with E-state index in [4.69, 9.17) is 28.4 Å². The lowest BCUT2D eigenvalue weighted by atomic mass is 9.96. The molecule has 0 atom stereocenters. The minimum absolute atomic E-state index is 0.0704. The zero-order valence-corrected chi connectivity index (χ0v) is 39.5. The third-order valence-electron chi connectivity index (χ3n) is 12.6. The molecule has 0 unspecified atom stereocenters. The van der Waals surface area contributed by atoms with Crippen LogP contribution in [0.1, 0.15) is 45.5 Å². The highest BCUT2D eigenvalue weighted by Crippen LogP contribution is 2.42. The molecule has 0 amide bonds. The van der Waals surface area contributed by atoms with E-state index in [-0.39, 0.29) is 35.4 Å². The van der Waals surface area contributed by atoms with Crippen molar-refractivity contribution in [3.8, 4) is 34.5 Å². The van der Waals surface area contributed by atoms with Crippen molar-refractivity contribution in [3.05, 3.63) is 178 Å². The van der Waals surface area contributed by atoms with Crippen LogP contribution in [0.2, 0.25) is 0 Å². The van der Waals surface area contributed by atoms with Crippen LogP contribution in [-0.4, -0.2) is 115 Å². The van der Waals surface area contributed by atoms with E-state index in [2.05, 4.69) is 19.6 Å². The number of halogens is 4. The SMILES string of the molecule is COc1ccc(CN2CCN(C(c3ccc(F)cc3)c3ccc(F)cc3)CC2)c(OC)c1OC.COc1ccc(CN2CCN(C(c3ccc(F)cc3)c3ccc(F)cc3)CC2)c(OC)c1OC.